The van der Waals surface area contributed by atoms with E-state index in [4.69, 9.17) is 12.2 Å². The molecule has 0 radical (unpaired) electrons. The molecule has 0 aromatic heterocycles. The van der Waals surface area contributed by atoms with Crippen molar-refractivity contribution in [1.82, 2.24) is 5.32 Å². The molecule has 2 N–H and O–H groups in total. The zero-order valence-electron chi connectivity index (χ0n) is 13.4. The van der Waals surface area contributed by atoms with Crippen LogP contribution >= 0.6 is 12.2 Å². The minimum Gasteiger partial charge on any atom is -0.362 e. The molecule has 0 bridgehead atoms. The van der Waals surface area contributed by atoms with E-state index in [0.29, 0.717) is 11.8 Å². The first-order valence-corrected chi connectivity index (χ1v) is 8.05. The number of para-hydroxylation sites is 1. The molecule has 0 saturated heterocycles. The number of thiocarbonyl (C=S) groups is 1. The summed E-state index contributed by atoms with van der Waals surface area (Å²) in [6.07, 6.45) is 2.32. The molecule has 0 aliphatic heterocycles. The van der Waals surface area contributed by atoms with Gasteiger partial charge in [-0.15, -0.1) is 0 Å². The second kappa shape index (κ2) is 8.25. The number of hydrogen-bond donors (Lipinski definition) is 2. The van der Waals surface area contributed by atoms with Crippen LogP contribution in [0.15, 0.2) is 18.2 Å². The normalized spacial score (nSPS) is 10.9. The van der Waals surface area contributed by atoms with Crippen molar-refractivity contribution in [2.45, 2.75) is 59.3 Å². The van der Waals surface area contributed by atoms with Crippen LogP contribution in [0, 0.1) is 0 Å². The first kappa shape index (κ1) is 17.0. The Hall–Kier alpha value is -1.09. The van der Waals surface area contributed by atoms with Gasteiger partial charge in [0.05, 0.1) is 0 Å². The molecule has 0 aliphatic carbocycles. The van der Waals surface area contributed by atoms with Crippen LogP contribution < -0.4 is 10.6 Å². The lowest BCUT2D eigenvalue weighted by Crippen LogP contribution is -2.30. The summed E-state index contributed by atoms with van der Waals surface area (Å²) in [5.74, 6) is 0.962. The average Bonchev–Trinajstić information content (AvgIpc) is 2.38. The SMILES string of the molecule is CCCCNC(=S)Nc1c(C(C)C)cccc1C(C)C. The van der Waals surface area contributed by atoms with Crippen molar-refractivity contribution in [3.8, 4) is 0 Å². The number of nitrogens with one attached hydrogen (secondary N) is 2. The van der Waals surface area contributed by atoms with E-state index in [1.54, 1.807) is 0 Å². The van der Waals surface area contributed by atoms with Crippen molar-refractivity contribution < 1.29 is 0 Å². The van der Waals surface area contributed by atoms with Crippen molar-refractivity contribution in [3.63, 3.8) is 0 Å². The molecule has 3 heteroatoms. The molecule has 0 unspecified atom stereocenters. The van der Waals surface area contributed by atoms with Gasteiger partial charge in [0.15, 0.2) is 5.11 Å². The van der Waals surface area contributed by atoms with Crippen LogP contribution in [0.1, 0.15) is 70.4 Å². The van der Waals surface area contributed by atoms with E-state index in [1.807, 2.05) is 0 Å². The summed E-state index contributed by atoms with van der Waals surface area (Å²) in [6.45, 7) is 12.0. The highest BCUT2D eigenvalue weighted by Crippen LogP contribution is 2.32. The lowest BCUT2D eigenvalue weighted by Gasteiger charge is -2.21. The van der Waals surface area contributed by atoms with Crippen molar-refractivity contribution >= 4 is 23.0 Å². The van der Waals surface area contributed by atoms with Crippen LogP contribution in [0.3, 0.4) is 0 Å². The smallest absolute Gasteiger partial charge is 0.170 e. The number of benzene rings is 1. The molecule has 20 heavy (non-hydrogen) atoms. The molecule has 1 rings (SSSR count). The van der Waals surface area contributed by atoms with Gasteiger partial charge in [0.2, 0.25) is 0 Å². The Labute approximate surface area is 129 Å². The van der Waals surface area contributed by atoms with Crippen LogP contribution in [0.2, 0.25) is 0 Å². The van der Waals surface area contributed by atoms with Gasteiger partial charge in [-0.25, -0.2) is 0 Å². The molecule has 1 aromatic rings. The third-order valence-corrected chi connectivity index (χ3v) is 3.67. The maximum absolute atomic E-state index is 5.42. The minimum absolute atomic E-state index is 0.481. The Bertz CT molecular complexity index is 412. The average molecular weight is 292 g/mol. The quantitative estimate of drug-likeness (QED) is 0.568. The van der Waals surface area contributed by atoms with Crippen LogP contribution in [0.25, 0.3) is 0 Å². The number of hydrogen-bond acceptors (Lipinski definition) is 1. The van der Waals surface area contributed by atoms with Gasteiger partial charge in [-0.1, -0.05) is 59.2 Å². The highest BCUT2D eigenvalue weighted by Gasteiger charge is 2.14. The molecule has 1 aromatic carbocycles. The molecule has 0 saturated carbocycles. The van der Waals surface area contributed by atoms with Gasteiger partial charge in [0.1, 0.15) is 0 Å². The van der Waals surface area contributed by atoms with Gasteiger partial charge in [-0.3, -0.25) is 0 Å². The zero-order chi connectivity index (χ0) is 15.1. The van der Waals surface area contributed by atoms with Gasteiger partial charge >= 0.3 is 0 Å². The highest BCUT2D eigenvalue weighted by atomic mass is 32.1. The summed E-state index contributed by atoms with van der Waals surface area (Å²) >= 11 is 5.42. The van der Waals surface area contributed by atoms with E-state index in [2.05, 4.69) is 63.5 Å². The lowest BCUT2D eigenvalue weighted by atomic mass is 9.93. The summed E-state index contributed by atoms with van der Waals surface area (Å²) in [5.41, 5.74) is 3.85. The van der Waals surface area contributed by atoms with E-state index in [9.17, 15) is 0 Å². The van der Waals surface area contributed by atoms with E-state index >= 15 is 0 Å². The molecule has 0 spiro atoms. The Morgan fingerprint density at radius 2 is 1.65 bits per heavy atom. The monoisotopic (exact) mass is 292 g/mol. The van der Waals surface area contributed by atoms with Gasteiger partial charge < -0.3 is 10.6 Å². The number of unbranched alkanes of at least 4 members (excludes halogenated alkanes) is 1. The second-order valence-electron chi connectivity index (χ2n) is 5.86. The minimum atomic E-state index is 0.481. The summed E-state index contributed by atoms with van der Waals surface area (Å²) in [7, 11) is 0. The molecule has 0 amide bonds. The van der Waals surface area contributed by atoms with Crippen molar-refractivity contribution in [3.05, 3.63) is 29.3 Å². The summed E-state index contributed by atoms with van der Waals surface area (Å²) in [5, 5.41) is 7.44. The van der Waals surface area contributed by atoms with Crippen LogP contribution in [0.5, 0.6) is 0 Å². The maximum atomic E-state index is 5.42. The zero-order valence-corrected chi connectivity index (χ0v) is 14.2. The standard InChI is InChI=1S/C17H28N2S/c1-6-7-11-18-17(20)19-16-14(12(2)3)9-8-10-15(16)13(4)5/h8-10,12-13H,6-7,11H2,1-5H3,(H2,18,19,20). The second-order valence-corrected chi connectivity index (χ2v) is 6.26. The van der Waals surface area contributed by atoms with Crippen LogP contribution in [0.4, 0.5) is 5.69 Å². The number of rotatable bonds is 6. The first-order valence-electron chi connectivity index (χ1n) is 7.65. The molecule has 0 aliphatic rings. The first-order chi connectivity index (χ1) is 9.47. The Balaban J connectivity index is 2.93. The fraction of sp³-hybridized carbons (Fsp3) is 0.588. The molecule has 0 fully saturated rings. The molecule has 2 nitrogen and oxygen atoms in total. The van der Waals surface area contributed by atoms with Crippen molar-refractivity contribution in [2.75, 3.05) is 11.9 Å². The van der Waals surface area contributed by atoms with Gasteiger partial charge in [0, 0.05) is 12.2 Å². The fourth-order valence-corrected chi connectivity index (χ4v) is 2.44. The van der Waals surface area contributed by atoms with Crippen molar-refractivity contribution in [1.29, 1.82) is 0 Å². The van der Waals surface area contributed by atoms with Crippen LogP contribution in [-0.2, 0) is 0 Å². The van der Waals surface area contributed by atoms with Crippen LogP contribution in [-0.4, -0.2) is 11.7 Å². The Morgan fingerprint density at radius 1 is 1.10 bits per heavy atom. The molecular weight excluding hydrogens is 264 g/mol. The fourth-order valence-electron chi connectivity index (χ4n) is 2.23. The number of anilines is 1. The third-order valence-electron chi connectivity index (χ3n) is 3.43. The van der Waals surface area contributed by atoms with E-state index in [1.165, 1.54) is 23.2 Å². The predicted molar refractivity (Wildman–Crippen MR) is 93.8 cm³/mol. The topological polar surface area (TPSA) is 24.1 Å². The Kier molecular flexibility index (Phi) is 7.00. The Morgan fingerprint density at radius 3 is 2.10 bits per heavy atom. The summed E-state index contributed by atoms with van der Waals surface area (Å²) in [6, 6.07) is 6.52. The van der Waals surface area contributed by atoms with E-state index in [-0.39, 0.29) is 0 Å². The van der Waals surface area contributed by atoms with E-state index < -0.39 is 0 Å². The van der Waals surface area contributed by atoms with Gasteiger partial charge in [0.25, 0.3) is 0 Å². The van der Waals surface area contributed by atoms with Gasteiger partial charge in [-0.2, -0.15) is 0 Å². The van der Waals surface area contributed by atoms with Crippen molar-refractivity contribution in [2.24, 2.45) is 0 Å². The maximum Gasteiger partial charge on any atom is 0.170 e. The molecule has 0 heterocycles. The van der Waals surface area contributed by atoms with Gasteiger partial charge in [-0.05, 0) is 41.6 Å². The molecule has 0 atom stereocenters. The summed E-state index contributed by atoms with van der Waals surface area (Å²) in [4.78, 5) is 0. The predicted octanol–water partition coefficient (Wildman–Crippen LogP) is 5.02. The third kappa shape index (κ3) is 4.78. The largest absolute Gasteiger partial charge is 0.362 e. The highest BCUT2D eigenvalue weighted by molar-refractivity contribution is 7.80. The lowest BCUT2D eigenvalue weighted by molar-refractivity contribution is 0.757. The summed E-state index contributed by atoms with van der Waals surface area (Å²) < 4.78 is 0. The molecule has 112 valence electrons. The molecular formula is C17H28N2S. The van der Waals surface area contributed by atoms with E-state index in [0.717, 1.165) is 18.1 Å².